The van der Waals surface area contributed by atoms with Gasteiger partial charge in [-0.25, -0.2) is 4.79 Å². The molecule has 4 nitrogen and oxygen atoms in total. The van der Waals surface area contributed by atoms with E-state index in [4.69, 9.17) is 16.3 Å². The maximum absolute atomic E-state index is 11.3. The first-order chi connectivity index (χ1) is 13.1. The van der Waals surface area contributed by atoms with Crippen molar-refractivity contribution in [1.82, 2.24) is 0 Å². The Morgan fingerprint density at radius 3 is 2.44 bits per heavy atom. The number of hydrogen-bond acceptors (Lipinski definition) is 3. The van der Waals surface area contributed by atoms with Crippen LogP contribution in [-0.2, 0) is 13.2 Å². The van der Waals surface area contributed by atoms with Crippen LogP contribution in [0.1, 0.15) is 27.0 Å². The first kappa shape index (κ1) is 18.8. The van der Waals surface area contributed by atoms with E-state index >= 15 is 0 Å². The molecule has 0 amide bonds. The van der Waals surface area contributed by atoms with Crippen molar-refractivity contribution in [3.63, 3.8) is 0 Å². The summed E-state index contributed by atoms with van der Waals surface area (Å²) in [5.41, 5.74) is 3.69. The minimum absolute atomic E-state index is 0.295. The van der Waals surface area contributed by atoms with Crippen molar-refractivity contribution < 1.29 is 14.6 Å². The second-order valence-electron chi connectivity index (χ2n) is 6.12. The molecule has 3 aromatic rings. The molecule has 0 bridgehead atoms. The first-order valence-corrected chi connectivity index (χ1v) is 8.95. The third-order valence-corrected chi connectivity index (χ3v) is 4.72. The molecule has 0 saturated heterocycles. The van der Waals surface area contributed by atoms with Gasteiger partial charge in [-0.1, -0.05) is 54.1 Å². The van der Waals surface area contributed by atoms with Crippen molar-refractivity contribution in [3.05, 3.63) is 94.0 Å². The number of carboxylic acid groups (broad SMARTS) is 1. The molecule has 0 atom stereocenters. The Balaban J connectivity index is 1.72. The van der Waals surface area contributed by atoms with E-state index < -0.39 is 5.97 Å². The van der Waals surface area contributed by atoms with Crippen LogP contribution in [0.3, 0.4) is 0 Å². The Hall–Kier alpha value is -2.98. The zero-order chi connectivity index (χ0) is 19.2. The number of para-hydroxylation sites is 1. The highest BCUT2D eigenvalue weighted by Gasteiger charge is 2.11. The van der Waals surface area contributed by atoms with Gasteiger partial charge in [-0.3, -0.25) is 0 Å². The summed E-state index contributed by atoms with van der Waals surface area (Å²) < 4.78 is 5.97. The summed E-state index contributed by atoms with van der Waals surface area (Å²) in [5.74, 6) is -0.170. The highest BCUT2D eigenvalue weighted by atomic mass is 35.5. The number of aromatic carboxylic acids is 1. The van der Waals surface area contributed by atoms with Crippen molar-refractivity contribution in [2.45, 2.75) is 20.1 Å². The van der Waals surface area contributed by atoms with Gasteiger partial charge in [0.1, 0.15) is 12.4 Å². The number of ether oxygens (including phenoxy) is 1. The largest absolute Gasteiger partial charge is 0.488 e. The quantitative estimate of drug-likeness (QED) is 0.564. The van der Waals surface area contributed by atoms with E-state index in [1.54, 1.807) is 19.1 Å². The van der Waals surface area contributed by atoms with Crippen LogP contribution in [0.4, 0.5) is 5.69 Å². The summed E-state index contributed by atoms with van der Waals surface area (Å²) in [4.78, 5) is 11.3. The number of carbonyl (C=O) groups is 1. The Kier molecular flexibility index (Phi) is 5.99. The Morgan fingerprint density at radius 1 is 1.00 bits per heavy atom. The van der Waals surface area contributed by atoms with Gasteiger partial charge in [-0.15, -0.1) is 0 Å². The molecule has 0 saturated carbocycles. The van der Waals surface area contributed by atoms with Crippen molar-refractivity contribution in [2.75, 3.05) is 5.32 Å². The smallest absolute Gasteiger partial charge is 0.336 e. The van der Waals surface area contributed by atoms with Gasteiger partial charge in [0.05, 0.1) is 5.56 Å². The lowest BCUT2D eigenvalue weighted by Crippen LogP contribution is -2.07. The van der Waals surface area contributed by atoms with Crippen LogP contribution in [0.5, 0.6) is 5.75 Å². The van der Waals surface area contributed by atoms with Crippen molar-refractivity contribution in [2.24, 2.45) is 0 Å². The summed E-state index contributed by atoms with van der Waals surface area (Å²) in [6.07, 6.45) is 0. The van der Waals surface area contributed by atoms with Gasteiger partial charge in [0.15, 0.2) is 0 Å². The van der Waals surface area contributed by atoms with Crippen molar-refractivity contribution in [3.8, 4) is 5.75 Å². The van der Waals surface area contributed by atoms with Crippen LogP contribution in [0.25, 0.3) is 0 Å². The molecule has 0 aliphatic carbocycles. The van der Waals surface area contributed by atoms with Crippen LogP contribution in [-0.4, -0.2) is 11.1 Å². The van der Waals surface area contributed by atoms with Crippen LogP contribution in [0.2, 0.25) is 5.02 Å². The third kappa shape index (κ3) is 4.60. The van der Waals surface area contributed by atoms with Gasteiger partial charge < -0.3 is 15.2 Å². The lowest BCUT2D eigenvalue weighted by Gasteiger charge is -2.15. The molecule has 0 fully saturated rings. The first-order valence-electron chi connectivity index (χ1n) is 8.57. The van der Waals surface area contributed by atoms with Gasteiger partial charge >= 0.3 is 5.97 Å². The number of hydrogen-bond donors (Lipinski definition) is 2. The Bertz CT molecular complexity index is 956. The molecule has 138 valence electrons. The number of nitrogens with one attached hydrogen (secondary N) is 1. The number of halogens is 1. The molecule has 27 heavy (non-hydrogen) atoms. The minimum Gasteiger partial charge on any atom is -0.488 e. The van der Waals surface area contributed by atoms with E-state index in [9.17, 15) is 9.90 Å². The lowest BCUT2D eigenvalue weighted by atomic mass is 10.1. The van der Waals surface area contributed by atoms with E-state index in [0.29, 0.717) is 29.3 Å². The van der Waals surface area contributed by atoms with E-state index in [0.717, 1.165) is 22.6 Å². The fourth-order valence-corrected chi connectivity index (χ4v) is 3.00. The van der Waals surface area contributed by atoms with E-state index in [-0.39, 0.29) is 0 Å². The average Bonchev–Trinajstić information content (AvgIpc) is 2.67. The molecule has 0 radical (unpaired) electrons. The summed E-state index contributed by atoms with van der Waals surface area (Å²) >= 11 is 6.19. The zero-order valence-corrected chi connectivity index (χ0v) is 15.7. The third-order valence-electron chi connectivity index (χ3n) is 4.35. The second-order valence-corrected chi connectivity index (χ2v) is 6.53. The topological polar surface area (TPSA) is 58.6 Å². The SMILES string of the molecule is Cc1c(NCc2ccccc2OCc2ccccc2Cl)cccc1C(=O)O. The standard InChI is InChI=1S/C22H20ClNO3/c1-15-18(22(25)26)9-6-11-20(15)24-13-16-7-3-5-12-21(16)27-14-17-8-2-4-10-19(17)23/h2-12,24H,13-14H2,1H3,(H,25,26). The number of benzene rings is 3. The van der Waals surface area contributed by atoms with E-state index in [2.05, 4.69) is 5.32 Å². The summed E-state index contributed by atoms with van der Waals surface area (Å²) in [5, 5.41) is 13.2. The molecule has 0 aromatic heterocycles. The number of carboxylic acids is 1. The van der Waals surface area contributed by atoms with E-state index in [1.165, 1.54) is 0 Å². The van der Waals surface area contributed by atoms with E-state index in [1.807, 2.05) is 54.6 Å². The predicted molar refractivity (Wildman–Crippen MR) is 108 cm³/mol. The van der Waals surface area contributed by atoms with Gasteiger partial charge in [0.25, 0.3) is 0 Å². The molecular formula is C22H20ClNO3. The molecule has 0 heterocycles. The van der Waals surface area contributed by atoms with Crippen LogP contribution < -0.4 is 10.1 Å². The highest BCUT2D eigenvalue weighted by Crippen LogP contribution is 2.24. The maximum atomic E-state index is 11.3. The van der Waals surface area contributed by atoms with Crippen LogP contribution >= 0.6 is 11.6 Å². The monoisotopic (exact) mass is 381 g/mol. The Morgan fingerprint density at radius 2 is 1.70 bits per heavy atom. The molecule has 5 heteroatoms. The van der Waals surface area contributed by atoms with Gasteiger partial charge in [0, 0.05) is 28.4 Å². The fourth-order valence-electron chi connectivity index (χ4n) is 2.81. The maximum Gasteiger partial charge on any atom is 0.336 e. The fraction of sp³-hybridized carbons (Fsp3) is 0.136. The summed E-state index contributed by atoms with van der Waals surface area (Å²) in [7, 11) is 0. The molecule has 0 spiro atoms. The lowest BCUT2D eigenvalue weighted by molar-refractivity contribution is 0.0696. The predicted octanol–water partition coefficient (Wildman–Crippen LogP) is 5.54. The molecule has 0 aliphatic rings. The average molecular weight is 382 g/mol. The van der Waals surface area contributed by atoms with Gasteiger partial charge in [-0.2, -0.15) is 0 Å². The van der Waals surface area contributed by atoms with Crippen molar-refractivity contribution >= 4 is 23.3 Å². The molecular weight excluding hydrogens is 362 g/mol. The van der Waals surface area contributed by atoms with Gasteiger partial charge in [0.2, 0.25) is 0 Å². The molecule has 3 rings (SSSR count). The van der Waals surface area contributed by atoms with Crippen LogP contribution in [0.15, 0.2) is 66.7 Å². The molecule has 3 aromatic carbocycles. The Labute approximate surface area is 163 Å². The summed E-state index contributed by atoms with van der Waals surface area (Å²) in [6, 6.07) is 20.5. The van der Waals surface area contributed by atoms with Gasteiger partial charge in [-0.05, 0) is 36.8 Å². The molecule has 0 unspecified atom stereocenters. The molecule has 2 N–H and O–H groups in total. The summed E-state index contributed by atoms with van der Waals surface area (Å²) in [6.45, 7) is 2.69. The normalized spacial score (nSPS) is 10.4. The highest BCUT2D eigenvalue weighted by molar-refractivity contribution is 6.31. The number of anilines is 1. The number of rotatable bonds is 7. The second kappa shape index (κ2) is 8.60. The van der Waals surface area contributed by atoms with Crippen LogP contribution in [0, 0.1) is 6.92 Å². The zero-order valence-electron chi connectivity index (χ0n) is 14.9. The minimum atomic E-state index is -0.931. The molecule has 0 aliphatic heterocycles. The van der Waals surface area contributed by atoms with Crippen molar-refractivity contribution in [1.29, 1.82) is 0 Å².